The van der Waals surface area contributed by atoms with Crippen LogP contribution in [-0.4, -0.2) is 21.7 Å². The van der Waals surface area contributed by atoms with Gasteiger partial charge in [-0.1, -0.05) is 0 Å². The smallest absolute Gasteiger partial charge is 0.293 e. The molecular weight excluding hydrogens is 182 g/mol. The molecule has 0 fully saturated rings. The Morgan fingerprint density at radius 2 is 2.21 bits per heavy atom. The molecule has 5 heteroatoms. The summed E-state index contributed by atoms with van der Waals surface area (Å²) < 4.78 is 6.65. The SMILES string of the molecule is COc1c(C)n2ncc(C)c2[nH]c1=O. The van der Waals surface area contributed by atoms with Crippen LogP contribution in [0.25, 0.3) is 5.65 Å². The molecule has 0 amide bonds. The first-order valence-electron chi connectivity index (χ1n) is 4.26. The lowest BCUT2D eigenvalue weighted by Gasteiger charge is -2.05. The van der Waals surface area contributed by atoms with E-state index < -0.39 is 0 Å². The Labute approximate surface area is 80.3 Å². The molecule has 0 aromatic carbocycles. The fourth-order valence-electron chi connectivity index (χ4n) is 1.50. The number of nitrogens with zero attached hydrogens (tertiary/aromatic N) is 2. The Kier molecular flexibility index (Phi) is 1.80. The molecule has 5 nitrogen and oxygen atoms in total. The zero-order valence-electron chi connectivity index (χ0n) is 8.29. The average Bonchev–Trinajstić information content (AvgIpc) is 2.49. The molecule has 2 aromatic rings. The van der Waals surface area contributed by atoms with Crippen molar-refractivity contribution in [3.8, 4) is 5.75 Å². The van der Waals surface area contributed by atoms with Crippen LogP contribution in [0.4, 0.5) is 0 Å². The van der Waals surface area contributed by atoms with Gasteiger partial charge in [0, 0.05) is 5.56 Å². The van der Waals surface area contributed by atoms with Gasteiger partial charge in [-0.05, 0) is 13.8 Å². The second-order valence-corrected chi connectivity index (χ2v) is 3.16. The van der Waals surface area contributed by atoms with Gasteiger partial charge in [-0.3, -0.25) is 4.79 Å². The Bertz CT molecular complexity index is 539. The van der Waals surface area contributed by atoms with E-state index >= 15 is 0 Å². The molecule has 0 aliphatic carbocycles. The number of fused-ring (bicyclic) bond motifs is 1. The molecule has 2 rings (SSSR count). The molecule has 0 aliphatic rings. The number of H-pyrrole nitrogens is 1. The van der Waals surface area contributed by atoms with Gasteiger partial charge in [0.15, 0.2) is 0 Å². The highest BCUT2D eigenvalue weighted by atomic mass is 16.5. The number of rotatable bonds is 1. The highest BCUT2D eigenvalue weighted by molar-refractivity contribution is 5.48. The van der Waals surface area contributed by atoms with E-state index in [9.17, 15) is 4.79 Å². The van der Waals surface area contributed by atoms with Crippen LogP contribution in [0.5, 0.6) is 5.75 Å². The minimum atomic E-state index is -0.221. The highest BCUT2D eigenvalue weighted by Gasteiger charge is 2.10. The second-order valence-electron chi connectivity index (χ2n) is 3.16. The summed E-state index contributed by atoms with van der Waals surface area (Å²) in [5.41, 5.74) is 2.14. The van der Waals surface area contributed by atoms with Crippen molar-refractivity contribution < 1.29 is 4.74 Å². The van der Waals surface area contributed by atoms with E-state index in [0.717, 1.165) is 5.56 Å². The number of nitrogens with one attached hydrogen (secondary N) is 1. The third-order valence-corrected chi connectivity index (χ3v) is 2.24. The molecule has 14 heavy (non-hydrogen) atoms. The number of ether oxygens (including phenoxy) is 1. The topological polar surface area (TPSA) is 59.4 Å². The van der Waals surface area contributed by atoms with Crippen molar-refractivity contribution in [3.63, 3.8) is 0 Å². The van der Waals surface area contributed by atoms with Crippen molar-refractivity contribution in [2.24, 2.45) is 0 Å². The first-order valence-corrected chi connectivity index (χ1v) is 4.26. The largest absolute Gasteiger partial charge is 0.490 e. The molecule has 0 aliphatic heterocycles. The molecule has 0 spiro atoms. The van der Waals surface area contributed by atoms with Crippen molar-refractivity contribution in [2.45, 2.75) is 13.8 Å². The minimum Gasteiger partial charge on any atom is -0.490 e. The van der Waals surface area contributed by atoms with E-state index in [-0.39, 0.29) is 5.56 Å². The number of hydrogen-bond donors (Lipinski definition) is 1. The van der Waals surface area contributed by atoms with Gasteiger partial charge in [0.1, 0.15) is 5.65 Å². The van der Waals surface area contributed by atoms with Crippen molar-refractivity contribution in [2.75, 3.05) is 7.11 Å². The van der Waals surface area contributed by atoms with Crippen molar-refractivity contribution in [3.05, 3.63) is 27.8 Å². The van der Waals surface area contributed by atoms with Crippen LogP contribution >= 0.6 is 0 Å². The summed E-state index contributed by atoms with van der Waals surface area (Å²) in [6.45, 7) is 3.69. The number of aromatic nitrogens is 3. The first-order chi connectivity index (χ1) is 6.65. The van der Waals surface area contributed by atoms with Gasteiger partial charge in [0.05, 0.1) is 19.0 Å². The van der Waals surface area contributed by atoms with Gasteiger partial charge >= 0.3 is 0 Å². The number of aromatic amines is 1. The first kappa shape index (κ1) is 8.80. The molecule has 0 unspecified atom stereocenters. The summed E-state index contributed by atoms with van der Waals surface area (Å²) in [5.74, 6) is 0.306. The van der Waals surface area contributed by atoms with Crippen LogP contribution in [0.15, 0.2) is 11.0 Å². The zero-order chi connectivity index (χ0) is 10.3. The number of aryl methyl sites for hydroxylation is 2. The van der Waals surface area contributed by atoms with Gasteiger partial charge < -0.3 is 9.72 Å². The number of hydrogen-bond acceptors (Lipinski definition) is 3. The van der Waals surface area contributed by atoms with Crippen LogP contribution in [0, 0.1) is 13.8 Å². The standard InChI is InChI=1S/C9H11N3O2/c1-5-4-10-12-6(2)7(14-3)9(13)11-8(5)12/h4H,1-3H3,(H,11,13). The average molecular weight is 193 g/mol. The second kappa shape index (κ2) is 2.87. The summed E-state index contributed by atoms with van der Waals surface area (Å²) >= 11 is 0. The molecule has 0 atom stereocenters. The predicted octanol–water partition coefficient (Wildman–Crippen LogP) is 0.648. The quantitative estimate of drug-likeness (QED) is 0.723. The molecule has 0 saturated carbocycles. The van der Waals surface area contributed by atoms with Crippen LogP contribution < -0.4 is 10.3 Å². The Morgan fingerprint density at radius 3 is 2.86 bits per heavy atom. The summed E-state index contributed by atoms with van der Waals surface area (Å²) in [4.78, 5) is 14.2. The molecule has 2 aromatic heterocycles. The van der Waals surface area contributed by atoms with Gasteiger partial charge in [0.2, 0.25) is 5.75 Å². The molecule has 2 heterocycles. The van der Waals surface area contributed by atoms with E-state index in [0.29, 0.717) is 17.1 Å². The monoisotopic (exact) mass is 193 g/mol. The van der Waals surface area contributed by atoms with Crippen molar-refractivity contribution in [1.29, 1.82) is 0 Å². The zero-order valence-corrected chi connectivity index (χ0v) is 8.29. The minimum absolute atomic E-state index is 0.221. The van der Waals surface area contributed by atoms with Gasteiger partial charge in [0.25, 0.3) is 5.56 Å². The van der Waals surface area contributed by atoms with E-state index in [4.69, 9.17) is 4.74 Å². The predicted molar refractivity (Wildman–Crippen MR) is 51.8 cm³/mol. The lowest BCUT2D eigenvalue weighted by Crippen LogP contribution is -2.15. The molecule has 0 saturated heterocycles. The lowest BCUT2D eigenvalue weighted by molar-refractivity contribution is 0.400. The van der Waals surface area contributed by atoms with Crippen molar-refractivity contribution in [1.82, 2.24) is 14.6 Å². The summed E-state index contributed by atoms with van der Waals surface area (Å²) in [6, 6.07) is 0. The van der Waals surface area contributed by atoms with E-state index in [2.05, 4.69) is 10.1 Å². The lowest BCUT2D eigenvalue weighted by atomic mass is 10.3. The third-order valence-electron chi connectivity index (χ3n) is 2.24. The molecule has 1 N–H and O–H groups in total. The fraction of sp³-hybridized carbons (Fsp3) is 0.333. The van der Waals surface area contributed by atoms with Gasteiger partial charge in [-0.15, -0.1) is 0 Å². The van der Waals surface area contributed by atoms with Gasteiger partial charge in [-0.25, -0.2) is 4.52 Å². The maximum absolute atomic E-state index is 11.5. The molecule has 0 bridgehead atoms. The van der Waals surface area contributed by atoms with Gasteiger partial charge in [-0.2, -0.15) is 5.10 Å². The number of methoxy groups -OCH3 is 1. The Hall–Kier alpha value is -1.78. The van der Waals surface area contributed by atoms with Crippen LogP contribution in [0.3, 0.4) is 0 Å². The third kappa shape index (κ3) is 1.02. The molecular formula is C9H11N3O2. The van der Waals surface area contributed by atoms with Crippen molar-refractivity contribution >= 4 is 5.65 Å². The Balaban J connectivity index is 2.95. The van der Waals surface area contributed by atoms with E-state index in [1.54, 1.807) is 17.6 Å². The summed E-state index contributed by atoms with van der Waals surface area (Å²) in [6.07, 6.45) is 1.71. The van der Waals surface area contributed by atoms with E-state index in [1.165, 1.54) is 7.11 Å². The maximum atomic E-state index is 11.5. The van der Waals surface area contributed by atoms with E-state index in [1.807, 2.05) is 6.92 Å². The summed E-state index contributed by atoms with van der Waals surface area (Å²) in [5, 5.41) is 4.13. The Morgan fingerprint density at radius 1 is 1.50 bits per heavy atom. The molecule has 0 radical (unpaired) electrons. The van der Waals surface area contributed by atoms with Crippen LogP contribution in [0.2, 0.25) is 0 Å². The summed E-state index contributed by atoms with van der Waals surface area (Å²) in [7, 11) is 1.47. The maximum Gasteiger partial charge on any atom is 0.293 e. The van der Waals surface area contributed by atoms with Crippen LogP contribution in [0.1, 0.15) is 11.3 Å². The fourth-order valence-corrected chi connectivity index (χ4v) is 1.50. The molecule has 74 valence electrons. The van der Waals surface area contributed by atoms with Crippen LogP contribution in [-0.2, 0) is 0 Å². The normalized spacial score (nSPS) is 10.8. The highest BCUT2D eigenvalue weighted by Crippen LogP contribution is 2.13.